The van der Waals surface area contributed by atoms with Crippen molar-refractivity contribution in [1.82, 2.24) is 9.97 Å². The first-order valence-corrected chi connectivity index (χ1v) is 4.29. The molecule has 0 aliphatic rings. The Hall–Kier alpha value is -0.661. The molecule has 42 valence electrons. The average Bonchev–Trinajstić information content (AvgIpc) is 2.33. The summed E-state index contributed by atoms with van der Waals surface area (Å²) in [5.41, 5.74) is 1.84. The van der Waals surface area contributed by atoms with Crippen molar-refractivity contribution in [2.75, 3.05) is 0 Å². The zero-order valence-electron chi connectivity index (χ0n) is 4.46. The van der Waals surface area contributed by atoms with E-state index in [1.54, 1.807) is 6.20 Å². The molecule has 0 atom stereocenters. The Morgan fingerprint density at radius 2 is 2.56 bits per heavy atom. The summed E-state index contributed by atoms with van der Waals surface area (Å²) in [5.74, 6) is 0. The van der Waals surface area contributed by atoms with E-state index in [2.05, 4.69) is 26.0 Å². The van der Waals surface area contributed by atoms with E-state index >= 15 is 0 Å². The standard InChI is InChI=1S/C6H2N2Se/c1-2-8-6-4-9-3-5(6)7-1/h1,3H. The normalized spacial score (nSPS) is 10.2. The zero-order chi connectivity index (χ0) is 6.10. The fourth-order valence-electron chi connectivity index (χ4n) is 0.613. The van der Waals surface area contributed by atoms with Crippen LogP contribution in [-0.4, -0.2) is 24.5 Å². The molecule has 3 heteroatoms. The van der Waals surface area contributed by atoms with Gasteiger partial charge in [-0.05, 0) is 0 Å². The van der Waals surface area contributed by atoms with Gasteiger partial charge in [0.2, 0.25) is 0 Å². The van der Waals surface area contributed by atoms with Crippen molar-refractivity contribution in [3.8, 4) is 0 Å². The van der Waals surface area contributed by atoms with Gasteiger partial charge in [0, 0.05) is 0 Å². The molecule has 2 nitrogen and oxygen atoms in total. The van der Waals surface area contributed by atoms with E-state index in [9.17, 15) is 0 Å². The topological polar surface area (TPSA) is 25.8 Å². The molecule has 0 N–H and O–H groups in total. The summed E-state index contributed by atoms with van der Waals surface area (Å²) in [4.78, 5) is 13.1. The number of hydrogen-bond acceptors (Lipinski definition) is 2. The van der Waals surface area contributed by atoms with Crippen LogP contribution < -0.4 is 0 Å². The van der Waals surface area contributed by atoms with Crippen LogP contribution in [-0.2, 0) is 0 Å². The van der Waals surface area contributed by atoms with E-state index in [1.165, 1.54) is 0 Å². The van der Waals surface area contributed by atoms with Crippen LogP contribution >= 0.6 is 0 Å². The first-order chi connectivity index (χ1) is 4.47. The van der Waals surface area contributed by atoms with Gasteiger partial charge >= 0.3 is 57.8 Å². The summed E-state index contributed by atoms with van der Waals surface area (Å²) >= 11 is 0.359. The van der Waals surface area contributed by atoms with Crippen LogP contribution in [0.25, 0.3) is 11.0 Å². The molecular formula is C6H2N2Se. The van der Waals surface area contributed by atoms with Crippen LogP contribution in [0.1, 0.15) is 0 Å². The van der Waals surface area contributed by atoms with Gasteiger partial charge in [0.05, 0.1) is 0 Å². The molecule has 9 heavy (non-hydrogen) atoms. The molecule has 0 saturated heterocycles. The predicted octanol–water partition coefficient (Wildman–Crippen LogP) is 0.287. The van der Waals surface area contributed by atoms with Gasteiger partial charge in [0.1, 0.15) is 0 Å². The van der Waals surface area contributed by atoms with Crippen LogP contribution in [0.5, 0.6) is 0 Å². The first-order valence-electron chi connectivity index (χ1n) is 2.45. The average molecular weight is 181 g/mol. The summed E-state index contributed by atoms with van der Waals surface area (Å²) in [6, 6.07) is 0. The van der Waals surface area contributed by atoms with Crippen LogP contribution in [0.3, 0.4) is 0 Å². The molecular weight excluding hydrogens is 179 g/mol. The number of hydrogen-bond donors (Lipinski definition) is 0. The Balaban J connectivity index is 2.95. The maximum atomic E-state index is 4.04. The number of aromatic nitrogens is 2. The predicted molar refractivity (Wildman–Crippen MR) is 34.1 cm³/mol. The number of nitrogens with zero attached hydrogens (tertiary/aromatic N) is 2. The van der Waals surface area contributed by atoms with Crippen LogP contribution in [0, 0.1) is 11.1 Å². The molecule has 2 heterocycles. The third-order valence-electron chi connectivity index (χ3n) is 1.01. The van der Waals surface area contributed by atoms with Crippen molar-refractivity contribution in [3.63, 3.8) is 0 Å². The summed E-state index contributed by atoms with van der Waals surface area (Å²) in [6.45, 7) is 0. The maximum absolute atomic E-state index is 4.04. The van der Waals surface area contributed by atoms with Gasteiger partial charge in [0.15, 0.2) is 0 Å². The Bertz CT molecular complexity index is 285. The zero-order valence-corrected chi connectivity index (χ0v) is 6.17. The molecule has 0 spiro atoms. The van der Waals surface area contributed by atoms with E-state index in [4.69, 9.17) is 0 Å². The minimum absolute atomic E-state index is 0.359. The second-order valence-corrected chi connectivity index (χ2v) is 2.99. The number of rotatable bonds is 0. The Kier molecular flexibility index (Phi) is 1.11. The Labute approximate surface area is 58.3 Å². The summed E-state index contributed by atoms with van der Waals surface area (Å²) < 4.78 is 0. The summed E-state index contributed by atoms with van der Waals surface area (Å²) in [6.07, 6.45) is 4.24. The molecule has 0 fully saturated rings. The fourth-order valence-corrected chi connectivity index (χ4v) is 1.88. The third-order valence-corrected chi connectivity index (χ3v) is 2.38. The van der Waals surface area contributed by atoms with Crippen molar-refractivity contribution >= 4 is 25.5 Å². The van der Waals surface area contributed by atoms with Gasteiger partial charge in [-0.2, -0.15) is 0 Å². The van der Waals surface area contributed by atoms with Crippen molar-refractivity contribution in [2.24, 2.45) is 0 Å². The third kappa shape index (κ3) is 0.784. The molecule has 0 aromatic carbocycles. The van der Waals surface area contributed by atoms with Crippen molar-refractivity contribution in [3.05, 3.63) is 22.3 Å². The SMILES string of the molecule is [c]1cnc2c[se][c]c2n1. The fraction of sp³-hybridized carbons (Fsp3) is 0. The molecule has 0 aliphatic heterocycles. The molecule has 2 aromatic rings. The minimum atomic E-state index is 0.359. The first kappa shape index (κ1) is 5.15. The second-order valence-electron chi connectivity index (χ2n) is 1.57. The van der Waals surface area contributed by atoms with E-state index in [0.717, 1.165) is 11.0 Å². The molecule has 0 amide bonds. The Morgan fingerprint density at radius 3 is 3.44 bits per heavy atom. The van der Waals surface area contributed by atoms with Crippen molar-refractivity contribution in [2.45, 2.75) is 0 Å². The van der Waals surface area contributed by atoms with Gasteiger partial charge in [-0.25, -0.2) is 0 Å². The van der Waals surface area contributed by atoms with Gasteiger partial charge in [-0.1, -0.05) is 0 Å². The van der Waals surface area contributed by atoms with Gasteiger partial charge < -0.3 is 0 Å². The van der Waals surface area contributed by atoms with E-state index < -0.39 is 0 Å². The quantitative estimate of drug-likeness (QED) is 0.546. The summed E-state index contributed by atoms with van der Waals surface area (Å²) in [7, 11) is 0. The molecule has 0 bridgehead atoms. The van der Waals surface area contributed by atoms with Crippen LogP contribution in [0.4, 0.5) is 0 Å². The molecule has 0 unspecified atom stereocenters. The monoisotopic (exact) mass is 182 g/mol. The summed E-state index contributed by atoms with van der Waals surface area (Å²) in [5, 5.41) is 0. The molecule has 2 radical (unpaired) electrons. The van der Waals surface area contributed by atoms with Crippen molar-refractivity contribution < 1.29 is 0 Å². The molecule has 2 rings (SSSR count). The van der Waals surface area contributed by atoms with E-state index in [0.29, 0.717) is 14.5 Å². The van der Waals surface area contributed by atoms with Gasteiger partial charge in [-0.15, -0.1) is 0 Å². The molecule has 0 saturated carbocycles. The number of fused-ring (bicyclic) bond motifs is 1. The van der Waals surface area contributed by atoms with Gasteiger partial charge in [-0.3, -0.25) is 0 Å². The van der Waals surface area contributed by atoms with Crippen LogP contribution in [0.2, 0.25) is 0 Å². The van der Waals surface area contributed by atoms with Crippen molar-refractivity contribution in [1.29, 1.82) is 0 Å². The second kappa shape index (κ2) is 1.94. The molecule has 0 aliphatic carbocycles. The molecule has 2 aromatic heterocycles. The van der Waals surface area contributed by atoms with E-state index in [-0.39, 0.29) is 0 Å². The van der Waals surface area contributed by atoms with Crippen LogP contribution in [0.15, 0.2) is 11.1 Å². The Morgan fingerprint density at radius 1 is 1.56 bits per heavy atom. The van der Waals surface area contributed by atoms with Gasteiger partial charge in [0.25, 0.3) is 0 Å². The van der Waals surface area contributed by atoms with E-state index in [1.807, 2.05) is 0 Å².